The van der Waals surface area contributed by atoms with E-state index in [1.807, 2.05) is 31.2 Å². The SMILES string of the molecule is COCC(C)CNC(=O)c1ccc(CCN)cc1. The average molecular weight is 250 g/mol. The predicted molar refractivity (Wildman–Crippen MR) is 72.6 cm³/mol. The molecular weight excluding hydrogens is 228 g/mol. The van der Waals surface area contributed by atoms with Crippen molar-refractivity contribution < 1.29 is 9.53 Å². The number of benzene rings is 1. The summed E-state index contributed by atoms with van der Waals surface area (Å²) in [5, 5.41) is 2.89. The molecular formula is C14H22N2O2. The number of hydrogen-bond acceptors (Lipinski definition) is 3. The zero-order valence-electron chi connectivity index (χ0n) is 11.1. The highest BCUT2D eigenvalue weighted by molar-refractivity contribution is 5.94. The second-order valence-electron chi connectivity index (χ2n) is 4.51. The van der Waals surface area contributed by atoms with Crippen LogP contribution in [-0.4, -0.2) is 32.7 Å². The second-order valence-corrected chi connectivity index (χ2v) is 4.51. The fourth-order valence-corrected chi connectivity index (χ4v) is 1.70. The van der Waals surface area contributed by atoms with Crippen molar-refractivity contribution >= 4 is 5.91 Å². The van der Waals surface area contributed by atoms with Crippen molar-refractivity contribution in [3.8, 4) is 0 Å². The third-order valence-corrected chi connectivity index (χ3v) is 2.71. The largest absolute Gasteiger partial charge is 0.384 e. The highest BCUT2D eigenvalue weighted by Crippen LogP contribution is 2.05. The first kappa shape index (κ1) is 14.7. The van der Waals surface area contributed by atoms with Gasteiger partial charge in [-0.2, -0.15) is 0 Å². The summed E-state index contributed by atoms with van der Waals surface area (Å²) in [4.78, 5) is 11.8. The van der Waals surface area contributed by atoms with Crippen molar-refractivity contribution in [3.05, 3.63) is 35.4 Å². The van der Waals surface area contributed by atoms with Crippen molar-refractivity contribution in [1.82, 2.24) is 5.32 Å². The number of carbonyl (C=O) groups is 1. The van der Waals surface area contributed by atoms with Gasteiger partial charge in [-0.25, -0.2) is 0 Å². The van der Waals surface area contributed by atoms with E-state index < -0.39 is 0 Å². The summed E-state index contributed by atoms with van der Waals surface area (Å²) in [6.45, 7) is 3.93. The molecule has 1 aromatic rings. The quantitative estimate of drug-likeness (QED) is 0.764. The highest BCUT2D eigenvalue weighted by atomic mass is 16.5. The Hall–Kier alpha value is -1.39. The number of rotatable bonds is 7. The summed E-state index contributed by atoms with van der Waals surface area (Å²) in [6.07, 6.45) is 0.840. The van der Waals surface area contributed by atoms with Crippen LogP contribution in [0.2, 0.25) is 0 Å². The van der Waals surface area contributed by atoms with Gasteiger partial charge in [0, 0.05) is 19.2 Å². The molecule has 0 aromatic heterocycles. The maximum atomic E-state index is 11.8. The molecule has 0 heterocycles. The molecule has 0 aliphatic heterocycles. The third-order valence-electron chi connectivity index (χ3n) is 2.71. The number of nitrogens with one attached hydrogen (secondary N) is 1. The molecule has 100 valence electrons. The lowest BCUT2D eigenvalue weighted by Gasteiger charge is -2.11. The first-order valence-corrected chi connectivity index (χ1v) is 6.23. The second kappa shape index (κ2) is 7.84. The number of methoxy groups -OCH3 is 1. The summed E-state index contributed by atoms with van der Waals surface area (Å²) in [7, 11) is 1.66. The lowest BCUT2D eigenvalue weighted by atomic mass is 10.1. The fourth-order valence-electron chi connectivity index (χ4n) is 1.70. The summed E-state index contributed by atoms with van der Waals surface area (Å²) < 4.78 is 5.02. The Morgan fingerprint density at radius 3 is 2.61 bits per heavy atom. The summed E-state index contributed by atoms with van der Waals surface area (Å²) in [5.74, 6) is 0.271. The Morgan fingerprint density at radius 1 is 1.39 bits per heavy atom. The van der Waals surface area contributed by atoms with Gasteiger partial charge in [-0.1, -0.05) is 19.1 Å². The monoisotopic (exact) mass is 250 g/mol. The van der Waals surface area contributed by atoms with E-state index in [-0.39, 0.29) is 5.91 Å². The Morgan fingerprint density at radius 2 is 2.06 bits per heavy atom. The van der Waals surface area contributed by atoms with Crippen LogP contribution in [0.5, 0.6) is 0 Å². The van der Waals surface area contributed by atoms with Crippen LogP contribution < -0.4 is 11.1 Å². The van der Waals surface area contributed by atoms with E-state index in [0.29, 0.717) is 31.2 Å². The van der Waals surface area contributed by atoms with Gasteiger partial charge in [0.05, 0.1) is 6.61 Å². The molecule has 4 nitrogen and oxygen atoms in total. The van der Waals surface area contributed by atoms with Crippen LogP contribution in [-0.2, 0) is 11.2 Å². The van der Waals surface area contributed by atoms with Crippen molar-refractivity contribution in [3.63, 3.8) is 0 Å². The third kappa shape index (κ3) is 4.85. The molecule has 1 atom stereocenters. The molecule has 4 heteroatoms. The molecule has 1 rings (SSSR count). The van der Waals surface area contributed by atoms with Crippen molar-refractivity contribution in [2.24, 2.45) is 11.7 Å². The number of ether oxygens (including phenoxy) is 1. The van der Waals surface area contributed by atoms with Crippen LogP contribution in [0.15, 0.2) is 24.3 Å². The van der Waals surface area contributed by atoms with Gasteiger partial charge in [0.15, 0.2) is 0 Å². The molecule has 0 aliphatic rings. The first-order chi connectivity index (χ1) is 8.67. The molecule has 0 saturated carbocycles. The molecule has 0 aliphatic carbocycles. The Kier molecular flexibility index (Phi) is 6.39. The van der Waals surface area contributed by atoms with Gasteiger partial charge < -0.3 is 15.8 Å². The van der Waals surface area contributed by atoms with E-state index in [4.69, 9.17) is 10.5 Å². The summed E-state index contributed by atoms with van der Waals surface area (Å²) in [5.41, 5.74) is 7.31. The summed E-state index contributed by atoms with van der Waals surface area (Å²) >= 11 is 0. The molecule has 0 fully saturated rings. The topological polar surface area (TPSA) is 64.3 Å². The zero-order chi connectivity index (χ0) is 13.4. The van der Waals surface area contributed by atoms with Gasteiger partial charge in [-0.05, 0) is 36.6 Å². The number of hydrogen-bond donors (Lipinski definition) is 2. The van der Waals surface area contributed by atoms with E-state index in [1.165, 1.54) is 0 Å². The zero-order valence-corrected chi connectivity index (χ0v) is 11.1. The molecule has 0 bridgehead atoms. The minimum atomic E-state index is -0.0442. The van der Waals surface area contributed by atoms with Gasteiger partial charge >= 0.3 is 0 Å². The van der Waals surface area contributed by atoms with E-state index in [0.717, 1.165) is 12.0 Å². The van der Waals surface area contributed by atoms with Gasteiger partial charge in [-0.15, -0.1) is 0 Å². The Balaban J connectivity index is 2.46. The smallest absolute Gasteiger partial charge is 0.251 e. The molecule has 0 spiro atoms. The number of nitrogens with two attached hydrogens (primary N) is 1. The number of amides is 1. The molecule has 0 saturated heterocycles. The van der Waals surface area contributed by atoms with Gasteiger partial charge in [0.2, 0.25) is 0 Å². The molecule has 1 amide bonds. The van der Waals surface area contributed by atoms with E-state index in [2.05, 4.69) is 5.32 Å². The molecule has 0 radical (unpaired) electrons. The molecule has 18 heavy (non-hydrogen) atoms. The number of carbonyl (C=O) groups excluding carboxylic acids is 1. The van der Waals surface area contributed by atoms with Crippen LogP contribution in [0.3, 0.4) is 0 Å². The van der Waals surface area contributed by atoms with Gasteiger partial charge in [0.25, 0.3) is 5.91 Å². The van der Waals surface area contributed by atoms with Crippen molar-refractivity contribution in [1.29, 1.82) is 0 Å². The predicted octanol–water partition coefficient (Wildman–Crippen LogP) is 1.20. The lowest BCUT2D eigenvalue weighted by molar-refractivity contribution is 0.0934. The fraction of sp³-hybridized carbons (Fsp3) is 0.500. The average Bonchev–Trinajstić information content (AvgIpc) is 2.37. The van der Waals surface area contributed by atoms with Gasteiger partial charge in [-0.3, -0.25) is 4.79 Å². The summed E-state index contributed by atoms with van der Waals surface area (Å²) in [6, 6.07) is 7.56. The van der Waals surface area contributed by atoms with Crippen LogP contribution in [0, 0.1) is 5.92 Å². The minimum absolute atomic E-state index is 0.0442. The Bertz CT molecular complexity index is 363. The first-order valence-electron chi connectivity index (χ1n) is 6.23. The van der Waals surface area contributed by atoms with Crippen LogP contribution >= 0.6 is 0 Å². The minimum Gasteiger partial charge on any atom is -0.384 e. The van der Waals surface area contributed by atoms with E-state index >= 15 is 0 Å². The van der Waals surface area contributed by atoms with Crippen LogP contribution in [0.1, 0.15) is 22.8 Å². The van der Waals surface area contributed by atoms with Crippen LogP contribution in [0.4, 0.5) is 0 Å². The lowest BCUT2D eigenvalue weighted by Crippen LogP contribution is -2.29. The van der Waals surface area contributed by atoms with Crippen LogP contribution in [0.25, 0.3) is 0 Å². The van der Waals surface area contributed by atoms with E-state index in [1.54, 1.807) is 7.11 Å². The van der Waals surface area contributed by atoms with Gasteiger partial charge in [0.1, 0.15) is 0 Å². The molecule has 3 N–H and O–H groups in total. The normalized spacial score (nSPS) is 12.2. The van der Waals surface area contributed by atoms with Crippen molar-refractivity contribution in [2.75, 3.05) is 26.8 Å². The standard InChI is InChI=1S/C14H22N2O2/c1-11(10-18-2)9-16-14(17)13-5-3-12(4-6-13)7-8-15/h3-6,11H,7-10,15H2,1-2H3,(H,16,17). The van der Waals surface area contributed by atoms with Crippen molar-refractivity contribution in [2.45, 2.75) is 13.3 Å². The Labute approximate surface area is 109 Å². The maximum Gasteiger partial charge on any atom is 0.251 e. The van der Waals surface area contributed by atoms with E-state index in [9.17, 15) is 4.79 Å². The molecule has 1 aromatic carbocycles. The highest BCUT2D eigenvalue weighted by Gasteiger charge is 2.07. The molecule has 1 unspecified atom stereocenters. The maximum absolute atomic E-state index is 11.8.